The topological polar surface area (TPSA) is 29.5 Å². The molecule has 177 valence electrons. The number of para-hydroxylation sites is 1. The second-order valence-electron chi connectivity index (χ2n) is 9.39. The van der Waals surface area contributed by atoms with E-state index < -0.39 is 0 Å². The summed E-state index contributed by atoms with van der Waals surface area (Å²) in [4.78, 5) is 0. The van der Waals surface area contributed by atoms with Crippen molar-refractivity contribution in [3.8, 4) is 11.5 Å². The molecule has 0 bridgehead atoms. The summed E-state index contributed by atoms with van der Waals surface area (Å²) in [5.74, 6) is 1.33. The molecule has 1 N–H and O–H groups in total. The third-order valence-electron chi connectivity index (χ3n) is 7.26. The second kappa shape index (κ2) is 11.4. The van der Waals surface area contributed by atoms with E-state index in [0.29, 0.717) is 5.75 Å². The summed E-state index contributed by atoms with van der Waals surface area (Å²) in [5, 5.41) is 10.6. The van der Waals surface area contributed by atoms with Gasteiger partial charge in [-0.05, 0) is 59.2 Å². The lowest BCUT2D eigenvalue weighted by molar-refractivity contribution is 0.433. The molecule has 0 aromatic heterocycles. The van der Waals surface area contributed by atoms with Crippen LogP contribution < -0.4 is 4.43 Å². The molecule has 0 fully saturated rings. The smallest absolute Gasteiger partial charge is 0.341 e. The Morgan fingerprint density at radius 2 is 1.46 bits per heavy atom. The van der Waals surface area contributed by atoms with E-state index in [-0.39, 0.29) is 11.3 Å². The molecule has 2 atom stereocenters. The molecule has 0 spiro atoms. The van der Waals surface area contributed by atoms with Gasteiger partial charge in [-0.15, -0.1) is 0 Å². The third kappa shape index (κ3) is 5.36. The standard InChI is InChI=1S/C32H33O2Si/c1-3-4-13-25-22-28(20-21-30(25)33)32(2,27-17-9-6-10-18-27)29(24-14-7-5-8-15-24)23-26-16-11-12-19-31(26)34-35/h5-12,14-22,29,33H,3-4,13,23H2,1-2H3. The van der Waals surface area contributed by atoms with E-state index in [9.17, 15) is 5.11 Å². The minimum absolute atomic E-state index is 0.123. The van der Waals surface area contributed by atoms with Gasteiger partial charge in [0.25, 0.3) is 0 Å². The minimum Gasteiger partial charge on any atom is -0.540 e. The average molecular weight is 478 g/mol. The van der Waals surface area contributed by atoms with Gasteiger partial charge in [0.15, 0.2) is 0 Å². The lowest BCUT2D eigenvalue weighted by Gasteiger charge is -2.40. The molecule has 0 aliphatic heterocycles. The van der Waals surface area contributed by atoms with Crippen LogP contribution in [0.25, 0.3) is 0 Å². The highest BCUT2D eigenvalue weighted by Gasteiger charge is 2.39. The Labute approximate surface area is 213 Å². The summed E-state index contributed by atoms with van der Waals surface area (Å²) in [6.07, 6.45) is 3.81. The third-order valence-corrected chi connectivity index (χ3v) is 7.48. The summed E-state index contributed by atoms with van der Waals surface area (Å²) >= 11 is 0. The first-order valence-corrected chi connectivity index (χ1v) is 12.8. The molecule has 4 rings (SSSR count). The van der Waals surface area contributed by atoms with Crippen LogP contribution in [0.15, 0.2) is 103 Å². The van der Waals surface area contributed by atoms with Gasteiger partial charge >= 0.3 is 10.5 Å². The normalized spacial score (nSPS) is 13.7. The lowest BCUT2D eigenvalue weighted by atomic mass is 9.63. The Morgan fingerprint density at radius 1 is 0.800 bits per heavy atom. The van der Waals surface area contributed by atoms with Gasteiger partial charge in [-0.3, -0.25) is 0 Å². The Morgan fingerprint density at radius 3 is 2.14 bits per heavy atom. The van der Waals surface area contributed by atoms with Crippen LogP contribution in [-0.4, -0.2) is 15.6 Å². The molecule has 3 radical (unpaired) electrons. The van der Waals surface area contributed by atoms with Gasteiger partial charge in [0.1, 0.15) is 11.5 Å². The number of aryl methyl sites for hydroxylation is 1. The summed E-state index contributed by atoms with van der Waals surface area (Å²) in [7, 11) is 3.26. The van der Waals surface area contributed by atoms with Gasteiger partial charge in [0.2, 0.25) is 0 Å². The highest BCUT2D eigenvalue weighted by molar-refractivity contribution is 6.00. The first kappa shape index (κ1) is 24.8. The molecule has 2 unspecified atom stereocenters. The molecule has 0 heterocycles. The van der Waals surface area contributed by atoms with Crippen LogP contribution >= 0.6 is 0 Å². The SMILES string of the molecule is CCCCc1cc(C(C)(c2ccccc2)C(Cc2ccccc2O[Si])c2ccccc2)ccc1O. The maximum absolute atomic E-state index is 10.6. The highest BCUT2D eigenvalue weighted by Crippen LogP contribution is 2.47. The number of rotatable bonds is 10. The number of unbranched alkanes of at least 4 members (excludes halogenated alkanes) is 1. The molecule has 0 saturated carbocycles. The zero-order chi connectivity index (χ0) is 24.7. The van der Waals surface area contributed by atoms with Gasteiger partial charge in [0, 0.05) is 11.3 Å². The Balaban J connectivity index is 1.93. The fourth-order valence-corrected chi connectivity index (χ4v) is 5.36. The van der Waals surface area contributed by atoms with Gasteiger partial charge < -0.3 is 9.53 Å². The molecule has 0 aliphatic rings. The minimum atomic E-state index is -0.351. The van der Waals surface area contributed by atoms with Gasteiger partial charge in [-0.2, -0.15) is 0 Å². The van der Waals surface area contributed by atoms with Crippen molar-refractivity contribution in [2.45, 2.75) is 50.9 Å². The maximum Gasteiger partial charge on any atom is 0.341 e. The number of benzene rings is 4. The van der Waals surface area contributed by atoms with Crippen LogP contribution in [0.1, 0.15) is 60.4 Å². The van der Waals surface area contributed by atoms with Crippen molar-refractivity contribution >= 4 is 10.5 Å². The largest absolute Gasteiger partial charge is 0.540 e. The molecule has 2 nitrogen and oxygen atoms in total. The fraction of sp³-hybridized carbons (Fsp3) is 0.250. The number of phenolic OH excluding ortho intramolecular Hbond substituents is 1. The second-order valence-corrected chi connectivity index (χ2v) is 9.60. The molecule has 0 amide bonds. The summed E-state index contributed by atoms with van der Waals surface area (Å²) in [6, 6.07) is 35.9. The molecule has 0 saturated heterocycles. The van der Waals surface area contributed by atoms with Crippen LogP contribution in [-0.2, 0) is 18.3 Å². The zero-order valence-electron chi connectivity index (χ0n) is 20.6. The molecular weight excluding hydrogens is 444 g/mol. The Kier molecular flexibility index (Phi) is 8.09. The molecule has 3 heteroatoms. The summed E-state index contributed by atoms with van der Waals surface area (Å²) in [6.45, 7) is 4.52. The van der Waals surface area contributed by atoms with Crippen molar-refractivity contribution in [2.75, 3.05) is 0 Å². The van der Waals surface area contributed by atoms with Crippen LogP contribution in [0.3, 0.4) is 0 Å². The maximum atomic E-state index is 10.6. The molecule has 4 aromatic rings. The highest BCUT2D eigenvalue weighted by atomic mass is 28.2. The number of hydrogen-bond acceptors (Lipinski definition) is 2. The van der Waals surface area contributed by atoms with E-state index in [4.69, 9.17) is 4.43 Å². The van der Waals surface area contributed by atoms with Crippen molar-refractivity contribution in [1.29, 1.82) is 0 Å². The van der Waals surface area contributed by atoms with Gasteiger partial charge in [-0.25, -0.2) is 0 Å². The predicted molar refractivity (Wildman–Crippen MR) is 145 cm³/mol. The van der Waals surface area contributed by atoms with Gasteiger partial charge in [0.05, 0.1) is 0 Å². The number of hydrogen-bond donors (Lipinski definition) is 1. The van der Waals surface area contributed by atoms with E-state index in [1.807, 2.05) is 18.2 Å². The van der Waals surface area contributed by atoms with E-state index in [1.54, 1.807) is 0 Å². The van der Waals surface area contributed by atoms with E-state index in [0.717, 1.165) is 42.6 Å². The fourth-order valence-electron chi connectivity index (χ4n) is 5.16. The summed E-state index contributed by atoms with van der Waals surface area (Å²) < 4.78 is 5.56. The monoisotopic (exact) mass is 477 g/mol. The Hall–Kier alpha value is -3.30. The average Bonchev–Trinajstić information content (AvgIpc) is 2.92. The Bertz CT molecular complexity index is 1220. The lowest BCUT2D eigenvalue weighted by Crippen LogP contribution is -2.33. The van der Waals surface area contributed by atoms with Crippen molar-refractivity contribution in [1.82, 2.24) is 0 Å². The molecular formula is C32H33O2Si. The molecule has 0 aliphatic carbocycles. The van der Waals surface area contributed by atoms with E-state index in [2.05, 4.69) is 109 Å². The quantitative estimate of drug-likeness (QED) is 0.239. The van der Waals surface area contributed by atoms with E-state index in [1.165, 1.54) is 16.7 Å². The zero-order valence-corrected chi connectivity index (χ0v) is 21.6. The van der Waals surface area contributed by atoms with Crippen molar-refractivity contribution in [3.05, 3.63) is 131 Å². The predicted octanol–water partition coefficient (Wildman–Crippen LogP) is 7.53. The van der Waals surface area contributed by atoms with E-state index >= 15 is 0 Å². The van der Waals surface area contributed by atoms with Crippen molar-refractivity contribution in [2.24, 2.45) is 0 Å². The van der Waals surface area contributed by atoms with Crippen LogP contribution in [0.5, 0.6) is 11.5 Å². The summed E-state index contributed by atoms with van der Waals surface area (Å²) in [5.41, 5.74) is 5.53. The van der Waals surface area contributed by atoms with Crippen LogP contribution in [0.4, 0.5) is 0 Å². The van der Waals surface area contributed by atoms with Crippen LogP contribution in [0.2, 0.25) is 0 Å². The molecule has 35 heavy (non-hydrogen) atoms. The molecule has 4 aromatic carbocycles. The van der Waals surface area contributed by atoms with Crippen molar-refractivity contribution in [3.63, 3.8) is 0 Å². The van der Waals surface area contributed by atoms with Crippen molar-refractivity contribution < 1.29 is 9.53 Å². The first-order chi connectivity index (χ1) is 17.1. The number of phenols is 1. The first-order valence-electron chi connectivity index (χ1n) is 12.4. The van der Waals surface area contributed by atoms with Gasteiger partial charge in [-0.1, -0.05) is 111 Å². The van der Waals surface area contributed by atoms with Crippen LogP contribution in [0, 0.1) is 0 Å². The number of aromatic hydroxyl groups is 1.